The predicted molar refractivity (Wildman–Crippen MR) is 140 cm³/mol. The lowest BCUT2D eigenvalue weighted by molar-refractivity contribution is -0.0502. The summed E-state index contributed by atoms with van der Waals surface area (Å²) >= 11 is 0. The molecule has 1 N–H and O–H groups in total. The lowest BCUT2D eigenvalue weighted by Gasteiger charge is -2.36. The molecule has 2 saturated heterocycles. The van der Waals surface area contributed by atoms with Crippen molar-refractivity contribution in [3.8, 4) is 0 Å². The number of hydrogen-bond donors (Lipinski definition) is 1. The first-order valence-electron chi connectivity index (χ1n) is 11.6. The van der Waals surface area contributed by atoms with Crippen LogP contribution in [0.3, 0.4) is 0 Å². The number of halogens is 1. The molecule has 2 unspecified atom stereocenters. The Balaban J connectivity index is 0.00000289. The van der Waals surface area contributed by atoms with Gasteiger partial charge in [-0.1, -0.05) is 30.3 Å². The smallest absolute Gasteiger partial charge is 0.194 e. The number of aliphatic imine (C=N–C) groups is 1. The maximum atomic E-state index is 6.15. The molecule has 1 aromatic carbocycles. The third-order valence-electron chi connectivity index (χ3n) is 6.17. The van der Waals surface area contributed by atoms with Crippen LogP contribution in [0.2, 0.25) is 0 Å². The van der Waals surface area contributed by atoms with E-state index in [9.17, 15) is 0 Å². The van der Waals surface area contributed by atoms with Crippen LogP contribution in [0, 0.1) is 13.8 Å². The number of ether oxygens (including phenoxy) is 1. The number of fused-ring (bicyclic) bond motifs is 1. The highest BCUT2D eigenvalue weighted by atomic mass is 127. The molecular weight excluding hydrogens is 515 g/mol. The van der Waals surface area contributed by atoms with E-state index in [1.165, 1.54) is 11.3 Å². The fourth-order valence-corrected chi connectivity index (χ4v) is 4.68. The summed E-state index contributed by atoms with van der Waals surface area (Å²) in [7, 11) is 0. The van der Waals surface area contributed by atoms with Gasteiger partial charge in [0, 0.05) is 51.5 Å². The lowest BCUT2D eigenvalue weighted by atomic mass is 10.1. The van der Waals surface area contributed by atoms with Crippen molar-refractivity contribution in [1.29, 1.82) is 0 Å². The Morgan fingerprint density at radius 1 is 1.22 bits per heavy atom. The number of nitrogens with zero attached hydrogens (tertiary/aromatic N) is 5. The van der Waals surface area contributed by atoms with Crippen LogP contribution in [0.5, 0.6) is 0 Å². The van der Waals surface area contributed by atoms with Crippen LogP contribution >= 0.6 is 24.0 Å². The van der Waals surface area contributed by atoms with E-state index in [2.05, 4.69) is 75.1 Å². The summed E-state index contributed by atoms with van der Waals surface area (Å²) in [6, 6.07) is 13.3. The van der Waals surface area contributed by atoms with Gasteiger partial charge in [0.05, 0.1) is 24.4 Å². The minimum Gasteiger partial charge on any atom is -0.373 e. The van der Waals surface area contributed by atoms with E-state index in [0.29, 0.717) is 6.04 Å². The second kappa shape index (κ2) is 12.0. The van der Waals surface area contributed by atoms with Crippen molar-refractivity contribution in [2.24, 2.45) is 4.99 Å². The fourth-order valence-electron chi connectivity index (χ4n) is 4.68. The zero-order valence-corrected chi connectivity index (χ0v) is 21.9. The first-order valence-corrected chi connectivity index (χ1v) is 11.6. The number of rotatable bonds is 7. The number of guanidine groups is 1. The van der Waals surface area contributed by atoms with Gasteiger partial charge >= 0.3 is 0 Å². The van der Waals surface area contributed by atoms with Crippen molar-refractivity contribution in [3.05, 3.63) is 53.3 Å². The maximum absolute atomic E-state index is 6.15. The van der Waals surface area contributed by atoms with Gasteiger partial charge in [-0.05, 0) is 38.8 Å². The molecule has 4 rings (SSSR count). The van der Waals surface area contributed by atoms with Gasteiger partial charge in [0.2, 0.25) is 0 Å². The summed E-state index contributed by atoms with van der Waals surface area (Å²) in [5, 5.41) is 8.04. The van der Waals surface area contributed by atoms with Crippen molar-refractivity contribution in [3.63, 3.8) is 0 Å². The highest BCUT2D eigenvalue weighted by molar-refractivity contribution is 14.0. The van der Waals surface area contributed by atoms with Gasteiger partial charge in [-0.2, -0.15) is 5.10 Å². The van der Waals surface area contributed by atoms with Crippen molar-refractivity contribution >= 4 is 29.9 Å². The van der Waals surface area contributed by atoms with Crippen LogP contribution in [0.1, 0.15) is 30.3 Å². The molecule has 8 heteroatoms. The summed E-state index contributed by atoms with van der Waals surface area (Å²) in [4.78, 5) is 9.89. The summed E-state index contributed by atoms with van der Waals surface area (Å²) in [6.07, 6.45) is 1.23. The Morgan fingerprint density at radius 2 is 2.03 bits per heavy atom. The van der Waals surface area contributed by atoms with Gasteiger partial charge in [-0.25, -0.2) is 0 Å². The molecule has 0 radical (unpaired) electrons. The van der Waals surface area contributed by atoms with Crippen LogP contribution in [0.25, 0.3) is 0 Å². The molecule has 0 spiro atoms. The summed E-state index contributed by atoms with van der Waals surface area (Å²) in [5.41, 5.74) is 3.66. The Labute approximate surface area is 209 Å². The van der Waals surface area contributed by atoms with Crippen molar-refractivity contribution in [2.45, 2.75) is 52.4 Å². The molecule has 176 valence electrons. The van der Waals surface area contributed by atoms with Crippen molar-refractivity contribution in [2.75, 3.05) is 39.3 Å². The van der Waals surface area contributed by atoms with Gasteiger partial charge < -0.3 is 15.0 Å². The van der Waals surface area contributed by atoms with Gasteiger partial charge in [0.15, 0.2) is 5.96 Å². The maximum Gasteiger partial charge on any atom is 0.194 e. The third kappa shape index (κ3) is 6.23. The van der Waals surface area contributed by atoms with Crippen LogP contribution in [0.15, 0.2) is 41.4 Å². The number of likely N-dealkylation sites (tertiary alicyclic amines) is 1. The zero-order valence-electron chi connectivity index (χ0n) is 19.5. The number of morpholine rings is 1. The molecule has 0 saturated carbocycles. The molecule has 2 atom stereocenters. The third-order valence-corrected chi connectivity index (χ3v) is 6.17. The summed E-state index contributed by atoms with van der Waals surface area (Å²) in [6.45, 7) is 13.5. The first kappa shape index (κ1) is 25.0. The molecule has 2 aliphatic heterocycles. The van der Waals surface area contributed by atoms with Crippen LogP contribution in [-0.4, -0.2) is 77.0 Å². The molecule has 2 aromatic rings. The zero-order chi connectivity index (χ0) is 21.6. The van der Waals surface area contributed by atoms with E-state index in [1.807, 2.05) is 6.92 Å². The molecule has 2 aliphatic rings. The Hall–Kier alpha value is -1.65. The number of aromatic nitrogens is 2. The lowest BCUT2D eigenvalue weighted by Crippen LogP contribution is -2.50. The minimum absolute atomic E-state index is 0. The number of aryl methyl sites for hydroxylation is 3. The Kier molecular flexibility index (Phi) is 9.36. The average molecular weight is 553 g/mol. The molecule has 3 heterocycles. The van der Waals surface area contributed by atoms with E-state index in [0.717, 1.165) is 70.5 Å². The van der Waals surface area contributed by atoms with E-state index in [4.69, 9.17) is 9.73 Å². The molecule has 0 bridgehead atoms. The number of nitrogens with one attached hydrogen (secondary N) is 1. The standard InChI is InChI=1S/C24H36N6O.HI/c1-4-25-24(26-11-8-12-30-20(3)15-19(2)27-30)29-17-22-23(18-29)31-14-13-28(22)16-21-9-6-5-7-10-21;/h5-7,9-10,15,22-23H,4,8,11-14,16-18H2,1-3H3,(H,25,26);1H. The largest absolute Gasteiger partial charge is 0.373 e. The van der Waals surface area contributed by atoms with Gasteiger partial charge in [-0.3, -0.25) is 14.6 Å². The van der Waals surface area contributed by atoms with Gasteiger partial charge in [-0.15, -0.1) is 24.0 Å². The van der Waals surface area contributed by atoms with Crippen molar-refractivity contribution in [1.82, 2.24) is 24.9 Å². The first-order chi connectivity index (χ1) is 15.1. The molecule has 0 aliphatic carbocycles. The van der Waals surface area contributed by atoms with Gasteiger partial charge in [0.25, 0.3) is 0 Å². The molecule has 2 fully saturated rings. The Bertz CT molecular complexity index is 871. The average Bonchev–Trinajstić information content (AvgIpc) is 3.34. The van der Waals surface area contributed by atoms with Crippen molar-refractivity contribution < 1.29 is 4.74 Å². The molecule has 32 heavy (non-hydrogen) atoms. The van der Waals surface area contributed by atoms with E-state index in [-0.39, 0.29) is 30.1 Å². The minimum atomic E-state index is 0. The Morgan fingerprint density at radius 3 is 2.75 bits per heavy atom. The second-order valence-corrected chi connectivity index (χ2v) is 8.58. The topological polar surface area (TPSA) is 57.9 Å². The van der Waals surface area contributed by atoms with Crippen LogP contribution in [0.4, 0.5) is 0 Å². The number of benzene rings is 1. The molecule has 0 amide bonds. The monoisotopic (exact) mass is 552 g/mol. The predicted octanol–water partition coefficient (Wildman–Crippen LogP) is 3.06. The highest BCUT2D eigenvalue weighted by Crippen LogP contribution is 2.24. The quantitative estimate of drug-likeness (QED) is 0.248. The second-order valence-electron chi connectivity index (χ2n) is 8.58. The highest BCUT2D eigenvalue weighted by Gasteiger charge is 2.41. The SMILES string of the molecule is CCNC(=NCCCn1nc(C)cc1C)N1CC2OCCN(Cc3ccccc3)C2C1.I. The summed E-state index contributed by atoms with van der Waals surface area (Å²) in [5.74, 6) is 1.01. The van der Waals surface area contributed by atoms with Crippen LogP contribution in [-0.2, 0) is 17.8 Å². The van der Waals surface area contributed by atoms with E-state index >= 15 is 0 Å². The summed E-state index contributed by atoms with van der Waals surface area (Å²) < 4.78 is 8.23. The van der Waals surface area contributed by atoms with Gasteiger partial charge in [0.1, 0.15) is 0 Å². The number of hydrogen-bond acceptors (Lipinski definition) is 4. The fraction of sp³-hybridized carbons (Fsp3) is 0.583. The molecule has 7 nitrogen and oxygen atoms in total. The van der Waals surface area contributed by atoms with E-state index in [1.54, 1.807) is 0 Å². The molecular formula is C24H37IN6O. The molecule has 1 aromatic heterocycles. The van der Waals surface area contributed by atoms with E-state index < -0.39 is 0 Å². The van der Waals surface area contributed by atoms with Crippen LogP contribution < -0.4 is 5.32 Å². The normalized spacial score (nSPS) is 21.3.